The van der Waals surface area contributed by atoms with Crippen molar-refractivity contribution >= 4 is 12.0 Å². The van der Waals surface area contributed by atoms with Gasteiger partial charge in [-0.1, -0.05) is 33.1 Å². The fourth-order valence-electron chi connectivity index (χ4n) is 2.36. The Hall–Kier alpha value is -1.26. The summed E-state index contributed by atoms with van der Waals surface area (Å²) < 4.78 is 0. The van der Waals surface area contributed by atoms with Gasteiger partial charge in [0.2, 0.25) is 0 Å². The van der Waals surface area contributed by atoms with Crippen molar-refractivity contribution in [3.05, 3.63) is 0 Å². The lowest BCUT2D eigenvalue weighted by Gasteiger charge is -2.27. The molecular formula is C14H26N2O3. The summed E-state index contributed by atoms with van der Waals surface area (Å²) in [5, 5.41) is 14.7. The third kappa shape index (κ3) is 4.40. The van der Waals surface area contributed by atoms with Crippen molar-refractivity contribution in [1.29, 1.82) is 0 Å². The molecule has 0 saturated heterocycles. The minimum atomic E-state index is -0.842. The molecular weight excluding hydrogens is 244 g/mol. The smallest absolute Gasteiger partial charge is 0.314 e. The van der Waals surface area contributed by atoms with Gasteiger partial charge in [-0.2, -0.15) is 0 Å². The molecule has 0 spiro atoms. The molecule has 5 nitrogen and oxygen atoms in total. The zero-order valence-electron chi connectivity index (χ0n) is 12.0. The van der Waals surface area contributed by atoms with Crippen LogP contribution in [0.1, 0.15) is 52.4 Å². The maximum absolute atomic E-state index is 11.6. The van der Waals surface area contributed by atoms with E-state index in [0.29, 0.717) is 19.4 Å². The molecule has 0 aromatic carbocycles. The van der Waals surface area contributed by atoms with E-state index in [0.717, 1.165) is 12.3 Å². The highest BCUT2D eigenvalue weighted by molar-refractivity contribution is 5.78. The van der Waals surface area contributed by atoms with E-state index in [9.17, 15) is 14.7 Å². The van der Waals surface area contributed by atoms with Crippen molar-refractivity contribution in [3.63, 3.8) is 0 Å². The molecule has 1 saturated carbocycles. The fraction of sp³-hybridized carbons (Fsp3) is 0.857. The van der Waals surface area contributed by atoms with Crippen molar-refractivity contribution in [2.24, 2.45) is 11.3 Å². The van der Waals surface area contributed by atoms with Crippen LogP contribution >= 0.6 is 0 Å². The van der Waals surface area contributed by atoms with Crippen molar-refractivity contribution in [1.82, 2.24) is 10.6 Å². The lowest BCUT2D eigenvalue weighted by Crippen LogP contribution is -2.46. The van der Waals surface area contributed by atoms with Crippen LogP contribution in [0.25, 0.3) is 0 Å². The number of urea groups is 1. The number of carboxylic acid groups (broad SMARTS) is 1. The summed E-state index contributed by atoms with van der Waals surface area (Å²) in [5.74, 6) is -0.0723. The predicted molar refractivity (Wildman–Crippen MR) is 74.0 cm³/mol. The second-order valence-electron chi connectivity index (χ2n) is 5.49. The minimum absolute atomic E-state index is 0.185. The normalized spacial score (nSPS) is 15.7. The first-order valence-corrected chi connectivity index (χ1v) is 7.29. The van der Waals surface area contributed by atoms with E-state index in [-0.39, 0.29) is 12.6 Å². The zero-order chi connectivity index (χ0) is 14.3. The van der Waals surface area contributed by atoms with Crippen LogP contribution in [0.5, 0.6) is 0 Å². The van der Waals surface area contributed by atoms with Gasteiger partial charge in [-0.3, -0.25) is 4.79 Å². The van der Waals surface area contributed by atoms with Crippen LogP contribution in [0, 0.1) is 11.3 Å². The quantitative estimate of drug-likeness (QED) is 0.633. The highest BCUT2D eigenvalue weighted by atomic mass is 16.4. The predicted octanol–water partition coefficient (Wildman–Crippen LogP) is 2.37. The molecule has 0 aliphatic heterocycles. The Morgan fingerprint density at radius 3 is 2.26 bits per heavy atom. The number of amides is 2. The van der Waals surface area contributed by atoms with Crippen molar-refractivity contribution in [3.8, 4) is 0 Å². The number of nitrogens with one attached hydrogen (secondary N) is 2. The number of carbonyl (C=O) groups is 2. The summed E-state index contributed by atoms with van der Waals surface area (Å²) in [6, 6.07) is -0.258. The molecule has 1 rings (SSSR count). The van der Waals surface area contributed by atoms with Gasteiger partial charge in [0.25, 0.3) is 0 Å². The van der Waals surface area contributed by atoms with Crippen LogP contribution in [0.3, 0.4) is 0 Å². The Morgan fingerprint density at radius 2 is 1.84 bits per heavy atom. The van der Waals surface area contributed by atoms with Gasteiger partial charge >= 0.3 is 12.0 Å². The highest BCUT2D eigenvalue weighted by Gasteiger charge is 2.35. The maximum Gasteiger partial charge on any atom is 0.314 e. The highest BCUT2D eigenvalue weighted by Crippen LogP contribution is 2.28. The molecule has 2 amide bonds. The Labute approximate surface area is 115 Å². The Kier molecular flexibility index (Phi) is 6.12. The Morgan fingerprint density at radius 1 is 1.21 bits per heavy atom. The van der Waals surface area contributed by atoms with E-state index in [1.165, 1.54) is 19.3 Å². The summed E-state index contributed by atoms with van der Waals surface area (Å²) in [6.45, 7) is 4.54. The van der Waals surface area contributed by atoms with Gasteiger partial charge in [0, 0.05) is 13.1 Å². The monoisotopic (exact) mass is 270 g/mol. The van der Waals surface area contributed by atoms with Crippen molar-refractivity contribution < 1.29 is 14.7 Å². The molecule has 5 heteroatoms. The van der Waals surface area contributed by atoms with Crippen LogP contribution in [0.4, 0.5) is 4.79 Å². The minimum Gasteiger partial charge on any atom is -0.481 e. The molecule has 0 bridgehead atoms. The number of rotatable bonds is 8. The lowest BCUT2D eigenvalue weighted by atomic mass is 9.82. The van der Waals surface area contributed by atoms with Gasteiger partial charge in [-0.15, -0.1) is 0 Å². The summed E-state index contributed by atoms with van der Waals surface area (Å²) in [4.78, 5) is 22.9. The average molecular weight is 270 g/mol. The summed E-state index contributed by atoms with van der Waals surface area (Å²) in [7, 11) is 0. The summed E-state index contributed by atoms with van der Waals surface area (Å²) >= 11 is 0. The molecule has 1 aliphatic rings. The average Bonchev–Trinajstić information content (AvgIpc) is 2.34. The summed E-state index contributed by atoms with van der Waals surface area (Å²) in [5.41, 5.74) is -0.842. The van der Waals surface area contributed by atoms with Gasteiger partial charge in [-0.05, 0) is 25.2 Å². The van der Waals surface area contributed by atoms with E-state index in [1.807, 2.05) is 13.8 Å². The van der Waals surface area contributed by atoms with E-state index >= 15 is 0 Å². The van der Waals surface area contributed by atoms with E-state index in [4.69, 9.17) is 0 Å². The third-order valence-electron chi connectivity index (χ3n) is 4.46. The van der Waals surface area contributed by atoms with Crippen LogP contribution in [-0.4, -0.2) is 30.2 Å². The molecule has 0 atom stereocenters. The van der Waals surface area contributed by atoms with E-state index in [1.54, 1.807) is 0 Å². The molecule has 0 heterocycles. The van der Waals surface area contributed by atoms with Crippen molar-refractivity contribution in [2.45, 2.75) is 52.4 Å². The van der Waals surface area contributed by atoms with Crippen molar-refractivity contribution in [2.75, 3.05) is 13.1 Å². The topological polar surface area (TPSA) is 78.4 Å². The SMILES string of the molecule is CCC(CC)(CNC(=O)NCCC1CCC1)C(=O)O. The van der Waals surface area contributed by atoms with Gasteiger partial charge in [0.1, 0.15) is 0 Å². The molecule has 0 aromatic heterocycles. The van der Waals surface area contributed by atoms with Gasteiger partial charge in [-0.25, -0.2) is 4.79 Å². The Bertz CT molecular complexity index is 310. The zero-order valence-corrected chi connectivity index (χ0v) is 12.0. The third-order valence-corrected chi connectivity index (χ3v) is 4.46. The second kappa shape index (κ2) is 7.36. The first-order valence-electron chi connectivity index (χ1n) is 7.29. The lowest BCUT2D eigenvalue weighted by molar-refractivity contribution is -0.149. The molecule has 3 N–H and O–H groups in total. The molecule has 0 aromatic rings. The summed E-state index contributed by atoms with van der Waals surface area (Å²) in [6.07, 6.45) is 5.92. The second-order valence-corrected chi connectivity index (χ2v) is 5.49. The fourth-order valence-corrected chi connectivity index (χ4v) is 2.36. The number of carbonyl (C=O) groups excluding carboxylic acids is 1. The first kappa shape index (κ1) is 15.8. The van der Waals surface area contributed by atoms with Gasteiger partial charge < -0.3 is 15.7 Å². The number of carboxylic acids is 1. The number of hydrogen-bond donors (Lipinski definition) is 3. The molecule has 0 radical (unpaired) electrons. The molecule has 110 valence electrons. The van der Waals surface area contributed by atoms with Crippen LogP contribution < -0.4 is 10.6 Å². The number of hydrogen-bond acceptors (Lipinski definition) is 2. The standard InChI is InChI=1S/C14H26N2O3/c1-3-14(4-2,12(17)18)10-16-13(19)15-9-8-11-6-5-7-11/h11H,3-10H2,1-2H3,(H,17,18)(H2,15,16,19). The molecule has 19 heavy (non-hydrogen) atoms. The van der Waals surface area contributed by atoms with Crippen LogP contribution in [0.2, 0.25) is 0 Å². The van der Waals surface area contributed by atoms with Crippen LogP contribution in [0.15, 0.2) is 0 Å². The Balaban J connectivity index is 2.24. The number of aliphatic carboxylic acids is 1. The maximum atomic E-state index is 11.6. The molecule has 0 unspecified atom stereocenters. The van der Waals surface area contributed by atoms with E-state index < -0.39 is 11.4 Å². The van der Waals surface area contributed by atoms with Gasteiger partial charge in [0.15, 0.2) is 0 Å². The molecule has 1 fully saturated rings. The van der Waals surface area contributed by atoms with E-state index in [2.05, 4.69) is 10.6 Å². The van der Waals surface area contributed by atoms with Gasteiger partial charge in [0.05, 0.1) is 5.41 Å². The molecule has 1 aliphatic carbocycles. The first-order chi connectivity index (χ1) is 9.04. The largest absolute Gasteiger partial charge is 0.481 e. The van der Waals surface area contributed by atoms with Crippen LogP contribution in [-0.2, 0) is 4.79 Å².